The maximum atomic E-state index is 11.9. The van der Waals surface area contributed by atoms with Crippen LogP contribution in [0, 0.1) is 0 Å². The Kier molecular flexibility index (Phi) is 6.71. The zero-order valence-corrected chi connectivity index (χ0v) is 16.9. The molecule has 0 bridgehead atoms. The summed E-state index contributed by atoms with van der Waals surface area (Å²) in [5.74, 6) is -0.0988. The van der Waals surface area contributed by atoms with Crippen molar-refractivity contribution in [1.82, 2.24) is 9.55 Å². The zero-order chi connectivity index (χ0) is 22.2. The van der Waals surface area contributed by atoms with Crippen molar-refractivity contribution in [3.63, 3.8) is 0 Å². The molecule has 164 valence electrons. The minimum Gasteiger partial charge on any atom is -0.387 e. The highest BCUT2D eigenvalue weighted by Gasteiger charge is 2.43. The van der Waals surface area contributed by atoms with Crippen molar-refractivity contribution in [3.05, 3.63) is 34.2 Å². The van der Waals surface area contributed by atoms with Crippen molar-refractivity contribution in [2.45, 2.75) is 24.5 Å². The summed E-state index contributed by atoms with van der Waals surface area (Å²) >= 11 is 0. The number of nitrogens with zero attached hydrogens (tertiary/aromatic N) is 2. The molecule has 1 aliphatic heterocycles. The van der Waals surface area contributed by atoms with Crippen LogP contribution in [0.15, 0.2) is 28.5 Å². The summed E-state index contributed by atoms with van der Waals surface area (Å²) in [7, 11) is -14.2. The van der Waals surface area contributed by atoms with E-state index in [9.17, 15) is 36.4 Å². The molecule has 6 N–H and O–H groups in total. The Morgan fingerprint density at radius 2 is 1.86 bits per heavy atom. The fraction of sp³-hybridized carbons (Fsp3) is 0.500. The second-order valence-electron chi connectivity index (χ2n) is 6.16. The van der Waals surface area contributed by atoms with E-state index in [0.29, 0.717) is 5.41 Å². The average Bonchev–Trinajstić information content (AvgIpc) is 2.78. The molecule has 17 heteroatoms. The first kappa shape index (κ1) is 23.6. The van der Waals surface area contributed by atoms with Gasteiger partial charge in [-0.2, -0.15) is 4.98 Å². The third-order valence-corrected chi connectivity index (χ3v) is 9.83. The van der Waals surface area contributed by atoms with E-state index in [0.717, 1.165) is 16.8 Å². The molecule has 0 saturated carbocycles. The summed E-state index contributed by atoms with van der Waals surface area (Å²) in [5.41, 5.74) is 2.80. The first-order valence-electron chi connectivity index (χ1n) is 7.62. The predicted octanol–water partition coefficient (Wildman–Crippen LogP) is -3.12. The lowest BCUT2D eigenvalue weighted by molar-refractivity contribution is -0.0295. The molecule has 1 fully saturated rings. The largest absolute Gasteiger partial charge is 0.387 e. The predicted molar refractivity (Wildman–Crippen MR) is 97.6 cm³/mol. The van der Waals surface area contributed by atoms with Gasteiger partial charge in [0.25, 0.3) is 0 Å². The van der Waals surface area contributed by atoms with Crippen LogP contribution in [0.25, 0.3) is 0 Å². The third kappa shape index (κ3) is 6.42. The van der Waals surface area contributed by atoms with Crippen molar-refractivity contribution >= 4 is 33.1 Å². The summed E-state index contributed by atoms with van der Waals surface area (Å²) in [6, 6.07) is 1.23. The van der Waals surface area contributed by atoms with E-state index in [4.69, 9.17) is 20.3 Å². The highest BCUT2D eigenvalue weighted by molar-refractivity contribution is 8.11. The van der Waals surface area contributed by atoms with Crippen LogP contribution >= 0.6 is 7.60 Å². The van der Waals surface area contributed by atoms with Gasteiger partial charge >= 0.3 is 13.3 Å². The van der Waals surface area contributed by atoms with Crippen molar-refractivity contribution in [3.8, 4) is 0 Å². The molecule has 1 aromatic heterocycles. The molecule has 29 heavy (non-hydrogen) atoms. The molecule has 0 unspecified atom stereocenters. The van der Waals surface area contributed by atoms with Crippen LogP contribution in [0.3, 0.4) is 0 Å². The van der Waals surface area contributed by atoms with Gasteiger partial charge in [-0.25, -0.2) is 21.6 Å². The van der Waals surface area contributed by atoms with Gasteiger partial charge in [-0.15, -0.1) is 0 Å². The van der Waals surface area contributed by atoms with Crippen LogP contribution in [-0.4, -0.2) is 75.3 Å². The fourth-order valence-corrected chi connectivity index (χ4v) is 8.20. The number of hydrogen-bond acceptors (Lipinski definition) is 11. The summed E-state index contributed by atoms with van der Waals surface area (Å²) in [5, 5.41) is 18.9. The lowest BCUT2D eigenvalue weighted by Gasteiger charge is -2.16. The van der Waals surface area contributed by atoms with E-state index in [-0.39, 0.29) is 5.82 Å². The van der Waals surface area contributed by atoms with Gasteiger partial charge in [-0.1, -0.05) is 0 Å². The maximum absolute atomic E-state index is 11.9. The number of sulfone groups is 2. The first-order valence-corrected chi connectivity index (χ1v) is 13.0. The van der Waals surface area contributed by atoms with Gasteiger partial charge in [0, 0.05) is 11.6 Å². The van der Waals surface area contributed by atoms with Gasteiger partial charge in [0.05, 0.1) is 0 Å². The van der Waals surface area contributed by atoms with Crippen molar-refractivity contribution < 1.29 is 46.1 Å². The number of anilines is 1. The molecular formula is C12H18N3O11PS2. The molecule has 0 amide bonds. The van der Waals surface area contributed by atoms with E-state index in [2.05, 4.69) is 4.98 Å². The second-order valence-corrected chi connectivity index (χ2v) is 12.6. The number of aliphatic hydroxyl groups excluding tert-OH is 2. The highest BCUT2D eigenvalue weighted by Crippen LogP contribution is 2.36. The molecule has 0 radical (unpaired) electrons. The van der Waals surface area contributed by atoms with Gasteiger partial charge < -0.3 is 30.5 Å². The Morgan fingerprint density at radius 3 is 2.41 bits per heavy atom. The van der Waals surface area contributed by atoms with Crippen molar-refractivity contribution in [1.29, 1.82) is 0 Å². The van der Waals surface area contributed by atoms with E-state index in [1.54, 1.807) is 0 Å². The molecule has 0 aliphatic carbocycles. The Labute approximate surface area is 164 Å². The number of aromatic nitrogens is 2. The molecule has 2 heterocycles. The Morgan fingerprint density at radius 1 is 1.24 bits per heavy atom. The quantitative estimate of drug-likeness (QED) is 0.246. The van der Waals surface area contributed by atoms with Crippen molar-refractivity contribution in [2.75, 3.05) is 16.3 Å². The summed E-state index contributed by atoms with van der Waals surface area (Å²) in [6.07, 6.45) is -4.33. The van der Waals surface area contributed by atoms with E-state index in [1.165, 1.54) is 6.07 Å². The SMILES string of the molecule is Nc1ccn([C@@H]2O[C@H](/C=C/S(=O)(=O)CS(=O)(=O)CP(=O)(O)O)[C@@H](O)[C@H]2O)c(=O)n1. The van der Waals surface area contributed by atoms with Crippen LogP contribution in [0.1, 0.15) is 6.23 Å². The number of rotatable bonds is 7. The third-order valence-electron chi connectivity index (χ3n) is 3.59. The Hall–Kier alpha value is -1.65. The average molecular weight is 475 g/mol. The van der Waals surface area contributed by atoms with Crippen molar-refractivity contribution in [2.24, 2.45) is 0 Å². The second kappa shape index (κ2) is 8.23. The summed E-state index contributed by atoms with van der Waals surface area (Å²) in [6.45, 7) is 0. The number of hydrogen-bond donors (Lipinski definition) is 5. The standard InChI is InChI=1S/C12H18N3O11PS2/c13-8-1-3-15(12(18)14-8)11-10(17)9(16)7(26-11)2-4-28(22,23)6-29(24,25)5-27(19,20)21/h1-4,7,9-11,16-17H,5-6H2,(H2,13,14,18)(H2,19,20,21)/b4-2+/t7-,9-,10-,11-/m1/s1. The Bertz CT molecular complexity index is 1110. The number of ether oxygens (including phenoxy) is 1. The summed E-state index contributed by atoms with van der Waals surface area (Å²) in [4.78, 5) is 32.6. The van der Waals surface area contributed by atoms with Gasteiger partial charge in [-0.3, -0.25) is 9.13 Å². The number of nitrogen functional groups attached to an aromatic ring is 1. The van der Waals surface area contributed by atoms with Gasteiger partial charge in [-0.05, 0) is 12.1 Å². The van der Waals surface area contributed by atoms with Crippen LogP contribution in [0.4, 0.5) is 5.82 Å². The highest BCUT2D eigenvalue weighted by atomic mass is 32.3. The normalized spacial score (nSPS) is 26.2. The topological polar surface area (TPSA) is 236 Å². The van der Waals surface area contributed by atoms with Crippen LogP contribution in [0.2, 0.25) is 0 Å². The first-order chi connectivity index (χ1) is 13.1. The minimum absolute atomic E-state index is 0.0988. The van der Waals surface area contributed by atoms with E-state index >= 15 is 0 Å². The van der Waals surface area contributed by atoms with E-state index < -0.39 is 68.1 Å². The molecule has 0 aromatic carbocycles. The lowest BCUT2D eigenvalue weighted by atomic mass is 10.1. The summed E-state index contributed by atoms with van der Waals surface area (Å²) < 4.78 is 63.9. The smallest absolute Gasteiger partial charge is 0.351 e. The number of nitrogens with two attached hydrogens (primary N) is 1. The van der Waals surface area contributed by atoms with Gasteiger partial charge in [0.1, 0.15) is 24.1 Å². The molecular weight excluding hydrogens is 457 g/mol. The molecule has 1 aliphatic rings. The lowest BCUT2D eigenvalue weighted by Crippen LogP contribution is -2.35. The van der Waals surface area contributed by atoms with Gasteiger partial charge in [0.2, 0.25) is 0 Å². The molecule has 2 rings (SSSR count). The monoisotopic (exact) mass is 475 g/mol. The molecule has 4 atom stereocenters. The Balaban J connectivity index is 2.18. The number of aliphatic hydroxyl groups is 2. The van der Waals surface area contributed by atoms with Crippen LogP contribution in [0.5, 0.6) is 0 Å². The molecule has 1 saturated heterocycles. The van der Waals surface area contributed by atoms with Crippen LogP contribution in [-0.2, 0) is 29.0 Å². The molecule has 14 nitrogen and oxygen atoms in total. The molecule has 1 aromatic rings. The van der Waals surface area contributed by atoms with Gasteiger partial charge in [0.15, 0.2) is 36.5 Å². The fourth-order valence-electron chi connectivity index (χ4n) is 2.47. The zero-order valence-electron chi connectivity index (χ0n) is 14.4. The van der Waals surface area contributed by atoms with E-state index in [1.807, 2.05) is 0 Å². The van der Waals surface area contributed by atoms with Crippen LogP contribution < -0.4 is 11.4 Å². The molecule has 0 spiro atoms. The minimum atomic E-state index is -5.00. The maximum Gasteiger partial charge on any atom is 0.351 e.